The number of halogens is 1. The average Bonchev–Trinajstić information content (AvgIpc) is 3.73. The molecule has 1 saturated carbocycles. The van der Waals surface area contributed by atoms with E-state index >= 15 is 4.39 Å². The number of rotatable bonds is 10. The number of aromatic nitrogens is 5. The van der Waals surface area contributed by atoms with E-state index in [1.807, 2.05) is 32.0 Å². The second-order valence-electron chi connectivity index (χ2n) is 10.6. The van der Waals surface area contributed by atoms with Crippen LogP contribution in [0, 0.1) is 18.7 Å². The van der Waals surface area contributed by atoms with Crippen molar-refractivity contribution in [1.29, 1.82) is 0 Å². The van der Waals surface area contributed by atoms with Crippen molar-refractivity contribution in [2.75, 3.05) is 6.61 Å². The van der Waals surface area contributed by atoms with Gasteiger partial charge >= 0.3 is 57.1 Å². The van der Waals surface area contributed by atoms with Crippen molar-refractivity contribution >= 4 is 51.4 Å². The summed E-state index contributed by atoms with van der Waals surface area (Å²) in [6, 6.07) is 15.7. The van der Waals surface area contributed by atoms with E-state index in [1.54, 1.807) is 41.1 Å². The first-order valence-corrected chi connectivity index (χ1v) is 14.0. The molecule has 0 spiro atoms. The number of hydrogen-bond donors (Lipinski definition) is 1. The molecule has 0 radical (unpaired) electrons. The van der Waals surface area contributed by atoms with Crippen LogP contribution in [0.2, 0.25) is 0 Å². The number of aromatic amines is 1. The fourth-order valence-corrected chi connectivity index (χ4v) is 5.03. The molecule has 0 unspecified atom stereocenters. The molecule has 3 aromatic heterocycles. The summed E-state index contributed by atoms with van der Waals surface area (Å²) >= 11 is 0. The number of ether oxygens (including phenoxy) is 1. The van der Waals surface area contributed by atoms with Gasteiger partial charge in [0.1, 0.15) is 11.6 Å². The molecule has 6 rings (SSSR count). The molecule has 1 fully saturated rings. The van der Waals surface area contributed by atoms with Gasteiger partial charge in [0.2, 0.25) is 5.88 Å². The van der Waals surface area contributed by atoms with Crippen LogP contribution in [0.1, 0.15) is 43.3 Å². The topological polar surface area (TPSA) is 116 Å². The third-order valence-corrected chi connectivity index (χ3v) is 7.41. The van der Waals surface area contributed by atoms with Crippen molar-refractivity contribution in [3.8, 4) is 39.5 Å². The average molecular weight is 608 g/mol. The standard InChI is InChI=1S/C32H30FN5O4.K.H/c1-3-6-27-35-19(2)29(22-13-14-28(34-16-22)41-18-20-9-10-20)31(39)38(27)17-23-12-11-21(15-26(23)33)24-7-4-5-8-25(24)30-36-32(40)42-37-30;;/h4-5,7-8,11-16,20H,3,6,9-10,17-18H2,1-2H3,(H,36,37,40);;. The quantitative estimate of drug-likeness (QED) is 0.225. The first kappa shape index (κ1) is 31.2. The molecule has 43 heavy (non-hydrogen) atoms. The van der Waals surface area contributed by atoms with Gasteiger partial charge in [-0.25, -0.2) is 19.2 Å². The van der Waals surface area contributed by atoms with Gasteiger partial charge in [0, 0.05) is 35.4 Å². The van der Waals surface area contributed by atoms with Crippen LogP contribution in [-0.4, -0.2) is 82.7 Å². The number of aryl methyl sites for hydroxylation is 2. The third kappa shape index (κ3) is 6.96. The number of H-pyrrole nitrogens is 1. The van der Waals surface area contributed by atoms with E-state index in [-0.39, 0.29) is 69.3 Å². The Labute approximate surface area is 290 Å². The third-order valence-electron chi connectivity index (χ3n) is 7.41. The summed E-state index contributed by atoms with van der Waals surface area (Å²) < 4.78 is 27.6. The number of pyridine rings is 1. The van der Waals surface area contributed by atoms with Gasteiger partial charge in [-0.1, -0.05) is 48.5 Å². The number of hydrogen-bond acceptors (Lipinski definition) is 7. The fourth-order valence-electron chi connectivity index (χ4n) is 5.03. The molecular formula is C32H31FKN5O4. The fraction of sp³-hybridized carbons (Fsp3) is 0.281. The first-order chi connectivity index (χ1) is 20.4. The van der Waals surface area contributed by atoms with Crippen molar-refractivity contribution in [1.82, 2.24) is 24.7 Å². The molecule has 0 amide bonds. The zero-order valence-corrected chi connectivity index (χ0v) is 23.4. The van der Waals surface area contributed by atoms with Gasteiger partial charge in [-0.3, -0.25) is 18.9 Å². The van der Waals surface area contributed by atoms with Crippen LogP contribution in [-0.2, 0) is 13.0 Å². The normalized spacial score (nSPS) is 12.6. The molecule has 0 saturated heterocycles. The monoisotopic (exact) mass is 607 g/mol. The van der Waals surface area contributed by atoms with Gasteiger partial charge in [0.15, 0.2) is 5.82 Å². The Hall–Kier alpha value is -3.22. The molecule has 1 N–H and O–H groups in total. The molecule has 1 aliphatic carbocycles. The van der Waals surface area contributed by atoms with Crippen LogP contribution in [0.5, 0.6) is 5.88 Å². The molecule has 0 atom stereocenters. The summed E-state index contributed by atoms with van der Waals surface area (Å²) in [5.41, 5.74) is 3.64. The van der Waals surface area contributed by atoms with Gasteiger partial charge in [-0.2, -0.15) is 0 Å². The number of benzene rings is 2. The minimum atomic E-state index is -0.672. The molecule has 11 heteroatoms. The Kier molecular flexibility index (Phi) is 9.87. The maximum absolute atomic E-state index is 15.6. The van der Waals surface area contributed by atoms with Gasteiger partial charge in [0.05, 0.1) is 24.4 Å². The van der Waals surface area contributed by atoms with Gasteiger partial charge in [-0.15, -0.1) is 0 Å². The Morgan fingerprint density at radius 3 is 2.49 bits per heavy atom. The van der Waals surface area contributed by atoms with E-state index < -0.39 is 11.6 Å². The Balaban J connectivity index is 0.00000368. The predicted molar refractivity (Wildman–Crippen MR) is 163 cm³/mol. The van der Waals surface area contributed by atoms with Crippen molar-refractivity contribution in [3.05, 3.63) is 105 Å². The van der Waals surface area contributed by atoms with E-state index in [9.17, 15) is 9.59 Å². The summed E-state index contributed by atoms with van der Waals surface area (Å²) in [6.45, 7) is 4.50. The molecular weight excluding hydrogens is 576 g/mol. The SMILES string of the molecule is CCCc1nc(C)c(-c2ccc(OCC3CC3)nc2)c(=O)n1Cc1ccc(-c2ccccc2-c2noc(=O)[nH]2)cc1F.[KH]. The van der Waals surface area contributed by atoms with Crippen LogP contribution >= 0.6 is 0 Å². The number of nitrogens with one attached hydrogen (secondary N) is 1. The van der Waals surface area contributed by atoms with Crippen LogP contribution in [0.4, 0.5) is 4.39 Å². The van der Waals surface area contributed by atoms with Crippen molar-refractivity contribution < 1.29 is 13.7 Å². The van der Waals surface area contributed by atoms with Gasteiger partial charge in [-0.05, 0) is 55.4 Å². The molecule has 0 bridgehead atoms. The summed E-state index contributed by atoms with van der Waals surface area (Å²) in [5.74, 6) is 0.855. The molecule has 3 heterocycles. The minimum absolute atomic E-state index is 0. The van der Waals surface area contributed by atoms with Crippen molar-refractivity contribution in [3.63, 3.8) is 0 Å². The Morgan fingerprint density at radius 1 is 1.07 bits per heavy atom. The van der Waals surface area contributed by atoms with Crippen LogP contribution in [0.3, 0.4) is 0 Å². The van der Waals surface area contributed by atoms with Crippen LogP contribution in [0.15, 0.2) is 74.9 Å². The summed E-state index contributed by atoms with van der Waals surface area (Å²) in [5, 5.41) is 3.78. The molecule has 0 aliphatic heterocycles. The van der Waals surface area contributed by atoms with E-state index in [1.165, 1.54) is 18.9 Å². The van der Waals surface area contributed by atoms with E-state index in [4.69, 9.17) is 9.72 Å². The van der Waals surface area contributed by atoms with E-state index in [0.29, 0.717) is 69.7 Å². The molecule has 1 aliphatic rings. The van der Waals surface area contributed by atoms with Crippen LogP contribution in [0.25, 0.3) is 33.6 Å². The first-order valence-electron chi connectivity index (χ1n) is 14.0. The molecule has 216 valence electrons. The van der Waals surface area contributed by atoms with Crippen molar-refractivity contribution in [2.24, 2.45) is 5.92 Å². The zero-order valence-electron chi connectivity index (χ0n) is 23.4. The van der Waals surface area contributed by atoms with E-state index in [0.717, 1.165) is 6.42 Å². The predicted octanol–water partition coefficient (Wildman–Crippen LogP) is 4.90. The molecule has 2 aromatic carbocycles. The van der Waals surface area contributed by atoms with Gasteiger partial charge in [0.25, 0.3) is 5.56 Å². The molecule has 9 nitrogen and oxygen atoms in total. The Bertz CT molecular complexity index is 1860. The maximum atomic E-state index is 15.6. The van der Waals surface area contributed by atoms with Crippen molar-refractivity contribution in [2.45, 2.75) is 46.1 Å². The summed E-state index contributed by atoms with van der Waals surface area (Å²) in [6.07, 6.45) is 5.36. The second-order valence-corrected chi connectivity index (χ2v) is 10.6. The van der Waals surface area contributed by atoms with Gasteiger partial charge < -0.3 is 4.74 Å². The summed E-state index contributed by atoms with van der Waals surface area (Å²) in [7, 11) is 0. The van der Waals surface area contributed by atoms with E-state index in [2.05, 4.69) is 19.6 Å². The summed E-state index contributed by atoms with van der Waals surface area (Å²) in [4.78, 5) is 37.1. The number of nitrogens with zero attached hydrogens (tertiary/aromatic N) is 4. The zero-order chi connectivity index (χ0) is 29.2. The Morgan fingerprint density at radius 2 is 1.84 bits per heavy atom. The second kappa shape index (κ2) is 13.6. The van der Waals surface area contributed by atoms with Crippen LogP contribution < -0.4 is 16.1 Å². The molecule has 5 aromatic rings.